The van der Waals surface area contributed by atoms with Crippen LogP contribution in [0.3, 0.4) is 0 Å². The monoisotopic (exact) mass is 332 g/mol. The van der Waals surface area contributed by atoms with Crippen LogP contribution in [0.2, 0.25) is 10.0 Å². The van der Waals surface area contributed by atoms with E-state index in [1.807, 2.05) is 0 Å². The molecular formula is C15H9Cl2F3O. The Hall–Kier alpha value is -1.52. The summed E-state index contributed by atoms with van der Waals surface area (Å²) in [7, 11) is 0. The molecule has 0 spiro atoms. The van der Waals surface area contributed by atoms with Gasteiger partial charge in [-0.2, -0.15) is 13.2 Å². The van der Waals surface area contributed by atoms with E-state index in [4.69, 9.17) is 23.2 Å². The van der Waals surface area contributed by atoms with Crippen molar-refractivity contribution in [2.75, 3.05) is 0 Å². The van der Waals surface area contributed by atoms with Crippen molar-refractivity contribution in [1.82, 2.24) is 0 Å². The fraction of sp³-hybridized carbons (Fsp3) is 0.133. The molecule has 2 aromatic carbocycles. The third-order valence-corrected chi connectivity index (χ3v) is 3.79. The standard InChI is InChI=1S/C15H9Cl2F3O/c1-8(21)10-6-5-9(7-12(10)15(18,19)20)11-3-2-4-13(16)14(11)17/h2-7H,1H3. The molecule has 2 rings (SSSR count). The normalized spacial score (nSPS) is 11.5. The first-order chi connectivity index (χ1) is 9.71. The summed E-state index contributed by atoms with van der Waals surface area (Å²) in [6.45, 7) is 1.09. The Labute approximate surface area is 129 Å². The van der Waals surface area contributed by atoms with Gasteiger partial charge in [0.15, 0.2) is 5.78 Å². The molecule has 110 valence electrons. The largest absolute Gasteiger partial charge is 0.417 e. The molecule has 6 heteroatoms. The van der Waals surface area contributed by atoms with Crippen molar-refractivity contribution in [2.45, 2.75) is 13.1 Å². The van der Waals surface area contributed by atoms with Gasteiger partial charge >= 0.3 is 6.18 Å². The van der Waals surface area contributed by atoms with Gasteiger partial charge < -0.3 is 0 Å². The molecule has 0 aliphatic rings. The van der Waals surface area contributed by atoms with Crippen LogP contribution in [-0.4, -0.2) is 5.78 Å². The van der Waals surface area contributed by atoms with Crippen LogP contribution in [0.1, 0.15) is 22.8 Å². The first-order valence-corrected chi connectivity index (χ1v) is 6.64. The van der Waals surface area contributed by atoms with Gasteiger partial charge in [0.25, 0.3) is 0 Å². The Morgan fingerprint density at radius 3 is 2.33 bits per heavy atom. The number of hydrogen-bond donors (Lipinski definition) is 0. The van der Waals surface area contributed by atoms with E-state index in [0.29, 0.717) is 5.56 Å². The summed E-state index contributed by atoms with van der Waals surface area (Å²) in [6, 6.07) is 8.18. The molecule has 0 saturated heterocycles. The molecule has 0 fully saturated rings. The van der Waals surface area contributed by atoms with Crippen molar-refractivity contribution in [3.63, 3.8) is 0 Å². The van der Waals surface area contributed by atoms with Crippen molar-refractivity contribution < 1.29 is 18.0 Å². The second-order valence-electron chi connectivity index (χ2n) is 4.42. The number of halogens is 5. The molecule has 0 radical (unpaired) electrons. The summed E-state index contributed by atoms with van der Waals surface area (Å²) < 4.78 is 39.2. The lowest BCUT2D eigenvalue weighted by atomic mass is 9.97. The van der Waals surface area contributed by atoms with Crippen LogP contribution < -0.4 is 0 Å². The number of alkyl halides is 3. The molecule has 0 amide bonds. The summed E-state index contributed by atoms with van der Waals surface area (Å²) in [5.74, 6) is -0.647. The second kappa shape index (κ2) is 5.70. The topological polar surface area (TPSA) is 17.1 Å². The number of carbonyl (C=O) groups excluding carboxylic acids is 1. The SMILES string of the molecule is CC(=O)c1ccc(-c2cccc(Cl)c2Cl)cc1C(F)(F)F. The first-order valence-electron chi connectivity index (χ1n) is 5.88. The van der Waals surface area contributed by atoms with Crippen LogP contribution >= 0.6 is 23.2 Å². The van der Waals surface area contributed by atoms with Gasteiger partial charge in [-0.05, 0) is 24.6 Å². The summed E-state index contributed by atoms with van der Waals surface area (Å²) in [6.07, 6.45) is -4.62. The summed E-state index contributed by atoms with van der Waals surface area (Å²) in [4.78, 5) is 11.3. The van der Waals surface area contributed by atoms with Crippen LogP contribution in [0.4, 0.5) is 13.2 Å². The fourth-order valence-electron chi connectivity index (χ4n) is 1.98. The van der Waals surface area contributed by atoms with Gasteiger partial charge in [-0.3, -0.25) is 4.79 Å². The highest BCUT2D eigenvalue weighted by Crippen LogP contribution is 2.38. The Morgan fingerprint density at radius 2 is 1.76 bits per heavy atom. The van der Waals surface area contributed by atoms with E-state index in [1.165, 1.54) is 6.07 Å². The van der Waals surface area contributed by atoms with Crippen LogP contribution in [0.25, 0.3) is 11.1 Å². The molecule has 0 aliphatic carbocycles. The highest BCUT2D eigenvalue weighted by atomic mass is 35.5. The number of carbonyl (C=O) groups is 1. The van der Waals surface area contributed by atoms with Crippen LogP contribution in [0.5, 0.6) is 0 Å². The number of hydrogen-bond acceptors (Lipinski definition) is 1. The van der Waals surface area contributed by atoms with E-state index in [9.17, 15) is 18.0 Å². The van der Waals surface area contributed by atoms with Gasteiger partial charge in [0.05, 0.1) is 15.6 Å². The minimum atomic E-state index is -4.62. The van der Waals surface area contributed by atoms with Crippen molar-refractivity contribution in [3.05, 3.63) is 57.6 Å². The molecule has 2 aromatic rings. The quantitative estimate of drug-likeness (QED) is 0.627. The van der Waals surface area contributed by atoms with Crippen molar-refractivity contribution in [1.29, 1.82) is 0 Å². The molecule has 0 saturated carbocycles. The second-order valence-corrected chi connectivity index (χ2v) is 5.20. The predicted octanol–water partition coefficient (Wildman–Crippen LogP) is 5.88. The number of benzene rings is 2. The molecule has 1 nitrogen and oxygen atoms in total. The Balaban J connectivity index is 2.68. The predicted molar refractivity (Wildman–Crippen MR) is 76.9 cm³/mol. The number of rotatable bonds is 2. The maximum Gasteiger partial charge on any atom is 0.417 e. The van der Waals surface area contributed by atoms with Crippen molar-refractivity contribution in [3.8, 4) is 11.1 Å². The Kier molecular flexibility index (Phi) is 4.30. The van der Waals surface area contributed by atoms with Gasteiger partial charge in [0.2, 0.25) is 0 Å². The maximum absolute atomic E-state index is 13.1. The van der Waals surface area contributed by atoms with Gasteiger partial charge in [0.1, 0.15) is 0 Å². The lowest BCUT2D eigenvalue weighted by Gasteiger charge is -2.14. The lowest BCUT2D eigenvalue weighted by Crippen LogP contribution is -2.11. The maximum atomic E-state index is 13.1. The van der Waals surface area contributed by atoms with Gasteiger partial charge in [0, 0.05) is 11.1 Å². The average Bonchev–Trinajstić information content (AvgIpc) is 2.40. The van der Waals surface area contributed by atoms with Crippen molar-refractivity contribution in [2.24, 2.45) is 0 Å². The zero-order chi connectivity index (χ0) is 15.8. The van der Waals surface area contributed by atoms with Gasteiger partial charge in [-0.15, -0.1) is 0 Å². The van der Waals surface area contributed by atoms with E-state index < -0.39 is 17.5 Å². The van der Waals surface area contributed by atoms with Crippen molar-refractivity contribution >= 4 is 29.0 Å². The first kappa shape index (κ1) is 15.9. The van der Waals surface area contributed by atoms with Crippen LogP contribution in [-0.2, 0) is 6.18 Å². The fourth-order valence-corrected chi connectivity index (χ4v) is 2.39. The molecule has 0 aromatic heterocycles. The zero-order valence-corrected chi connectivity index (χ0v) is 12.3. The summed E-state index contributed by atoms with van der Waals surface area (Å²) >= 11 is 11.9. The van der Waals surface area contributed by atoms with E-state index >= 15 is 0 Å². The van der Waals surface area contributed by atoms with Gasteiger partial charge in [-0.25, -0.2) is 0 Å². The third kappa shape index (κ3) is 3.22. The van der Waals surface area contributed by atoms with E-state index in [2.05, 4.69) is 0 Å². The molecule has 0 N–H and O–H groups in total. The zero-order valence-electron chi connectivity index (χ0n) is 10.8. The summed E-state index contributed by atoms with van der Waals surface area (Å²) in [5, 5.41) is 0.418. The molecule has 0 bridgehead atoms. The number of ketones is 1. The Morgan fingerprint density at radius 1 is 1.10 bits per heavy atom. The molecule has 0 aliphatic heterocycles. The molecule has 0 atom stereocenters. The highest BCUT2D eigenvalue weighted by molar-refractivity contribution is 6.43. The molecular weight excluding hydrogens is 324 g/mol. The van der Waals surface area contributed by atoms with E-state index in [1.54, 1.807) is 18.2 Å². The lowest BCUT2D eigenvalue weighted by molar-refractivity contribution is -0.137. The van der Waals surface area contributed by atoms with E-state index in [-0.39, 0.29) is 21.2 Å². The van der Waals surface area contributed by atoms with Crippen LogP contribution in [0.15, 0.2) is 36.4 Å². The van der Waals surface area contributed by atoms with Gasteiger partial charge in [-0.1, -0.05) is 47.5 Å². The molecule has 0 unspecified atom stereocenters. The Bertz CT molecular complexity index is 709. The van der Waals surface area contributed by atoms with Crippen LogP contribution in [0, 0.1) is 0 Å². The third-order valence-electron chi connectivity index (χ3n) is 2.97. The highest BCUT2D eigenvalue weighted by Gasteiger charge is 2.34. The smallest absolute Gasteiger partial charge is 0.294 e. The summed E-state index contributed by atoms with van der Waals surface area (Å²) in [5.41, 5.74) is -0.725. The molecule has 0 heterocycles. The van der Waals surface area contributed by atoms with E-state index in [0.717, 1.165) is 19.1 Å². The molecule has 21 heavy (non-hydrogen) atoms. The minimum absolute atomic E-state index is 0.169. The average molecular weight is 333 g/mol. The minimum Gasteiger partial charge on any atom is -0.294 e. The number of Topliss-reactive ketones (excluding diaryl/α,β-unsaturated/α-hetero) is 1.